The third kappa shape index (κ3) is 4.71. The number of carbonyl (C=O) groups excluding carboxylic acids is 1. The van der Waals surface area contributed by atoms with E-state index < -0.39 is 0 Å². The highest BCUT2D eigenvalue weighted by Gasteiger charge is 2.24. The lowest BCUT2D eigenvalue weighted by Crippen LogP contribution is -2.45. The van der Waals surface area contributed by atoms with E-state index in [0.717, 1.165) is 30.4 Å². The first kappa shape index (κ1) is 16.3. The lowest BCUT2D eigenvalue weighted by molar-refractivity contribution is 0.0944. The van der Waals surface area contributed by atoms with Gasteiger partial charge in [0.05, 0.1) is 6.61 Å². The molecule has 0 radical (unpaired) electrons. The van der Waals surface area contributed by atoms with Crippen LogP contribution in [0.5, 0.6) is 0 Å². The van der Waals surface area contributed by atoms with Gasteiger partial charge < -0.3 is 15.0 Å². The van der Waals surface area contributed by atoms with Crippen LogP contribution in [0.25, 0.3) is 0 Å². The number of benzene rings is 1. The van der Waals surface area contributed by atoms with Gasteiger partial charge in [0.1, 0.15) is 0 Å². The van der Waals surface area contributed by atoms with Gasteiger partial charge in [-0.15, -0.1) is 0 Å². The largest absolute Gasteiger partial charge is 0.450 e. The van der Waals surface area contributed by atoms with Crippen molar-refractivity contribution in [3.63, 3.8) is 0 Å². The quantitative estimate of drug-likeness (QED) is 0.895. The summed E-state index contributed by atoms with van der Waals surface area (Å²) >= 11 is 3.46. The SMILES string of the molecule is CCOC(=O)N1CCC(NC(C)c2ccc(Br)cc2)CC1. The molecule has 1 unspecified atom stereocenters. The molecule has 1 saturated heterocycles. The number of nitrogens with zero attached hydrogens (tertiary/aromatic N) is 1. The average molecular weight is 355 g/mol. The first-order valence-electron chi connectivity index (χ1n) is 7.53. The second kappa shape index (κ2) is 7.80. The van der Waals surface area contributed by atoms with Crippen molar-refractivity contribution in [3.05, 3.63) is 34.3 Å². The van der Waals surface area contributed by atoms with Crippen LogP contribution in [-0.4, -0.2) is 36.7 Å². The third-order valence-corrected chi connectivity index (χ3v) is 4.41. The van der Waals surface area contributed by atoms with E-state index in [1.54, 1.807) is 4.90 Å². The molecule has 0 saturated carbocycles. The number of hydrogen-bond acceptors (Lipinski definition) is 3. The number of carbonyl (C=O) groups is 1. The highest BCUT2D eigenvalue weighted by atomic mass is 79.9. The standard InChI is InChI=1S/C16H23BrN2O2/c1-3-21-16(20)19-10-8-15(9-11-19)18-12(2)13-4-6-14(17)7-5-13/h4-7,12,15,18H,3,8-11H2,1-2H3. The van der Waals surface area contributed by atoms with E-state index in [2.05, 4.69) is 52.4 Å². The molecule has 116 valence electrons. The van der Waals surface area contributed by atoms with Crippen molar-refractivity contribution in [1.82, 2.24) is 10.2 Å². The molecule has 0 spiro atoms. The maximum atomic E-state index is 11.7. The zero-order chi connectivity index (χ0) is 15.2. The molecule has 4 nitrogen and oxygen atoms in total. The third-order valence-electron chi connectivity index (χ3n) is 3.88. The summed E-state index contributed by atoms with van der Waals surface area (Å²) in [6.07, 6.45) is 1.76. The van der Waals surface area contributed by atoms with Gasteiger partial charge in [0, 0.05) is 29.6 Å². The summed E-state index contributed by atoms with van der Waals surface area (Å²) in [7, 11) is 0. The molecule has 1 atom stereocenters. The summed E-state index contributed by atoms with van der Waals surface area (Å²) in [4.78, 5) is 13.5. The van der Waals surface area contributed by atoms with Crippen molar-refractivity contribution in [1.29, 1.82) is 0 Å². The number of halogens is 1. The Bertz CT molecular complexity index is 456. The lowest BCUT2D eigenvalue weighted by atomic mass is 10.0. The van der Waals surface area contributed by atoms with Crippen LogP contribution in [0.15, 0.2) is 28.7 Å². The Morgan fingerprint density at radius 3 is 2.57 bits per heavy atom. The van der Waals surface area contributed by atoms with Crippen LogP contribution in [0.4, 0.5) is 4.79 Å². The summed E-state index contributed by atoms with van der Waals surface area (Å²) in [6, 6.07) is 9.17. The maximum absolute atomic E-state index is 11.7. The van der Waals surface area contributed by atoms with Crippen LogP contribution in [-0.2, 0) is 4.74 Å². The van der Waals surface area contributed by atoms with Gasteiger partial charge in [-0.25, -0.2) is 4.79 Å². The molecule has 1 aromatic carbocycles. The number of hydrogen-bond donors (Lipinski definition) is 1. The van der Waals surface area contributed by atoms with E-state index in [4.69, 9.17) is 4.74 Å². The Morgan fingerprint density at radius 1 is 1.38 bits per heavy atom. The molecule has 1 amide bonds. The van der Waals surface area contributed by atoms with Crippen molar-refractivity contribution < 1.29 is 9.53 Å². The second-order valence-corrected chi connectivity index (χ2v) is 6.32. The van der Waals surface area contributed by atoms with Crippen LogP contribution in [0.3, 0.4) is 0 Å². The highest BCUT2D eigenvalue weighted by Crippen LogP contribution is 2.19. The van der Waals surface area contributed by atoms with Gasteiger partial charge in [-0.2, -0.15) is 0 Å². The van der Waals surface area contributed by atoms with E-state index >= 15 is 0 Å². The number of rotatable bonds is 4. The molecule has 1 heterocycles. The molecule has 1 N–H and O–H groups in total. The van der Waals surface area contributed by atoms with Gasteiger partial charge in [0.25, 0.3) is 0 Å². The predicted octanol–water partition coefficient (Wildman–Crippen LogP) is 3.72. The van der Waals surface area contributed by atoms with Crippen LogP contribution >= 0.6 is 15.9 Å². The zero-order valence-electron chi connectivity index (χ0n) is 12.6. The van der Waals surface area contributed by atoms with E-state index in [-0.39, 0.29) is 6.09 Å². The number of piperidine rings is 1. The van der Waals surface area contributed by atoms with Gasteiger partial charge in [-0.3, -0.25) is 0 Å². The summed E-state index contributed by atoms with van der Waals surface area (Å²) in [5.74, 6) is 0. The van der Waals surface area contributed by atoms with E-state index in [0.29, 0.717) is 18.7 Å². The van der Waals surface area contributed by atoms with Gasteiger partial charge in [0.2, 0.25) is 0 Å². The number of nitrogens with one attached hydrogen (secondary N) is 1. The molecule has 0 bridgehead atoms. The number of likely N-dealkylation sites (tertiary alicyclic amines) is 1. The highest BCUT2D eigenvalue weighted by molar-refractivity contribution is 9.10. The molecule has 1 aromatic rings. The first-order valence-corrected chi connectivity index (χ1v) is 8.32. The fourth-order valence-corrected chi connectivity index (χ4v) is 2.91. The fraction of sp³-hybridized carbons (Fsp3) is 0.562. The van der Waals surface area contributed by atoms with Gasteiger partial charge in [0.15, 0.2) is 0 Å². The Kier molecular flexibility index (Phi) is 6.06. The van der Waals surface area contributed by atoms with Crippen LogP contribution in [0, 0.1) is 0 Å². The van der Waals surface area contributed by atoms with Crippen LogP contribution in [0.2, 0.25) is 0 Å². The zero-order valence-corrected chi connectivity index (χ0v) is 14.2. The molecular formula is C16H23BrN2O2. The Balaban J connectivity index is 1.80. The molecule has 5 heteroatoms. The Morgan fingerprint density at radius 2 is 2.00 bits per heavy atom. The van der Waals surface area contributed by atoms with Gasteiger partial charge in [-0.05, 0) is 44.4 Å². The minimum atomic E-state index is -0.183. The molecule has 1 fully saturated rings. The molecule has 0 aliphatic carbocycles. The van der Waals surface area contributed by atoms with Crippen molar-refractivity contribution in [3.8, 4) is 0 Å². The van der Waals surface area contributed by atoms with E-state index in [9.17, 15) is 4.79 Å². The molecule has 0 aromatic heterocycles. The molecule has 21 heavy (non-hydrogen) atoms. The normalized spacial score (nSPS) is 17.6. The summed E-state index contributed by atoms with van der Waals surface area (Å²) in [5, 5.41) is 3.65. The van der Waals surface area contributed by atoms with Crippen molar-refractivity contribution in [2.45, 2.75) is 38.8 Å². The summed E-state index contributed by atoms with van der Waals surface area (Å²) < 4.78 is 6.14. The topological polar surface area (TPSA) is 41.6 Å². The Hall–Kier alpha value is -1.07. The molecule has 1 aliphatic heterocycles. The van der Waals surface area contributed by atoms with Gasteiger partial charge >= 0.3 is 6.09 Å². The van der Waals surface area contributed by atoms with E-state index in [1.165, 1.54) is 5.56 Å². The minimum absolute atomic E-state index is 0.183. The van der Waals surface area contributed by atoms with Crippen LogP contribution in [0.1, 0.15) is 38.3 Å². The number of ether oxygens (including phenoxy) is 1. The first-order chi connectivity index (χ1) is 10.1. The second-order valence-electron chi connectivity index (χ2n) is 5.40. The lowest BCUT2D eigenvalue weighted by Gasteiger charge is -2.33. The summed E-state index contributed by atoms with van der Waals surface area (Å²) in [5.41, 5.74) is 1.28. The van der Waals surface area contributed by atoms with Gasteiger partial charge in [-0.1, -0.05) is 28.1 Å². The smallest absolute Gasteiger partial charge is 0.409 e. The van der Waals surface area contributed by atoms with E-state index in [1.807, 2.05) is 6.92 Å². The monoisotopic (exact) mass is 354 g/mol. The summed E-state index contributed by atoms with van der Waals surface area (Å²) in [6.45, 7) is 6.00. The predicted molar refractivity (Wildman–Crippen MR) is 87.3 cm³/mol. The maximum Gasteiger partial charge on any atom is 0.409 e. The Labute approximate surface area is 135 Å². The van der Waals surface area contributed by atoms with Crippen molar-refractivity contribution >= 4 is 22.0 Å². The number of amides is 1. The van der Waals surface area contributed by atoms with Crippen molar-refractivity contribution in [2.24, 2.45) is 0 Å². The molecule has 2 rings (SSSR count). The average Bonchev–Trinajstić information content (AvgIpc) is 2.49. The van der Waals surface area contributed by atoms with Crippen LogP contribution < -0.4 is 5.32 Å². The molecular weight excluding hydrogens is 332 g/mol. The minimum Gasteiger partial charge on any atom is -0.450 e. The fourth-order valence-electron chi connectivity index (χ4n) is 2.64. The van der Waals surface area contributed by atoms with Crippen molar-refractivity contribution in [2.75, 3.05) is 19.7 Å². The molecule has 1 aliphatic rings.